The Morgan fingerprint density at radius 1 is 1.32 bits per heavy atom. The van der Waals surface area contributed by atoms with E-state index in [9.17, 15) is 0 Å². The maximum Gasteiger partial charge on any atom is 0.132 e. The van der Waals surface area contributed by atoms with Gasteiger partial charge >= 0.3 is 0 Å². The van der Waals surface area contributed by atoms with Crippen LogP contribution < -0.4 is 4.74 Å². The van der Waals surface area contributed by atoms with E-state index in [0.717, 1.165) is 22.6 Å². The zero-order valence-corrected chi connectivity index (χ0v) is 11.8. The fourth-order valence-electron chi connectivity index (χ4n) is 2.05. The number of imidazole rings is 1. The van der Waals surface area contributed by atoms with Gasteiger partial charge in [0, 0.05) is 11.1 Å². The molecule has 0 aliphatic carbocycles. The molecular formula is C15H20N2O2. The van der Waals surface area contributed by atoms with E-state index in [1.165, 1.54) is 0 Å². The van der Waals surface area contributed by atoms with Crippen molar-refractivity contribution in [2.24, 2.45) is 0 Å². The van der Waals surface area contributed by atoms with Gasteiger partial charge in [-0.25, -0.2) is 4.98 Å². The molecule has 0 unspecified atom stereocenters. The van der Waals surface area contributed by atoms with E-state index in [2.05, 4.69) is 36.8 Å². The minimum absolute atomic E-state index is 0.00117. The van der Waals surface area contributed by atoms with Crippen LogP contribution in [-0.2, 0) is 12.0 Å². The number of aliphatic hydroxyl groups is 1. The van der Waals surface area contributed by atoms with Crippen molar-refractivity contribution in [3.05, 3.63) is 35.8 Å². The summed E-state index contributed by atoms with van der Waals surface area (Å²) in [6.45, 7) is 6.38. The molecule has 0 aliphatic heterocycles. The molecule has 0 radical (unpaired) electrons. The Labute approximate surface area is 113 Å². The van der Waals surface area contributed by atoms with Crippen LogP contribution >= 0.6 is 0 Å². The van der Waals surface area contributed by atoms with Gasteiger partial charge in [-0.2, -0.15) is 0 Å². The van der Waals surface area contributed by atoms with Crippen LogP contribution in [0.25, 0.3) is 11.3 Å². The van der Waals surface area contributed by atoms with Crippen LogP contribution in [-0.4, -0.2) is 22.2 Å². The first kappa shape index (κ1) is 13.6. The molecule has 0 saturated carbocycles. The van der Waals surface area contributed by atoms with Crippen LogP contribution in [0.1, 0.15) is 32.2 Å². The lowest BCUT2D eigenvalue weighted by atomic mass is 9.85. The SMILES string of the molecule is COc1ccc(-c2cnc(CO)[nH]2)cc1C(C)(C)C. The summed E-state index contributed by atoms with van der Waals surface area (Å²) in [5, 5.41) is 9.05. The highest BCUT2D eigenvalue weighted by atomic mass is 16.5. The number of aromatic amines is 1. The molecule has 2 aromatic rings. The molecule has 102 valence electrons. The number of nitrogens with one attached hydrogen (secondary N) is 1. The molecule has 0 amide bonds. The molecule has 19 heavy (non-hydrogen) atoms. The van der Waals surface area contributed by atoms with Crippen molar-refractivity contribution in [2.75, 3.05) is 7.11 Å². The van der Waals surface area contributed by atoms with Gasteiger partial charge in [-0.15, -0.1) is 0 Å². The molecule has 0 aliphatic rings. The number of rotatable bonds is 3. The van der Waals surface area contributed by atoms with Gasteiger partial charge in [-0.1, -0.05) is 20.8 Å². The molecule has 4 nitrogen and oxygen atoms in total. The normalized spacial score (nSPS) is 11.6. The summed E-state index contributed by atoms with van der Waals surface area (Å²) in [6.07, 6.45) is 1.74. The Hall–Kier alpha value is -1.81. The molecule has 1 aromatic heterocycles. The van der Waals surface area contributed by atoms with Gasteiger partial charge < -0.3 is 14.8 Å². The summed E-state index contributed by atoms with van der Waals surface area (Å²) in [6, 6.07) is 6.06. The second kappa shape index (κ2) is 5.05. The minimum Gasteiger partial charge on any atom is -0.496 e. The topological polar surface area (TPSA) is 58.1 Å². The summed E-state index contributed by atoms with van der Waals surface area (Å²) in [5.74, 6) is 1.46. The van der Waals surface area contributed by atoms with Gasteiger partial charge in [0.15, 0.2) is 0 Å². The maximum absolute atomic E-state index is 9.05. The van der Waals surface area contributed by atoms with E-state index in [1.54, 1.807) is 13.3 Å². The molecule has 1 aromatic carbocycles. The van der Waals surface area contributed by atoms with E-state index >= 15 is 0 Å². The second-order valence-electron chi connectivity index (χ2n) is 5.57. The summed E-state index contributed by atoms with van der Waals surface area (Å²) in [7, 11) is 1.68. The third-order valence-corrected chi connectivity index (χ3v) is 3.10. The Balaban J connectivity index is 2.48. The van der Waals surface area contributed by atoms with Crippen molar-refractivity contribution in [3.63, 3.8) is 0 Å². The van der Waals surface area contributed by atoms with Crippen molar-refractivity contribution in [1.82, 2.24) is 9.97 Å². The largest absolute Gasteiger partial charge is 0.496 e. The number of hydrogen-bond donors (Lipinski definition) is 2. The van der Waals surface area contributed by atoms with E-state index in [0.29, 0.717) is 5.82 Å². The van der Waals surface area contributed by atoms with Crippen LogP contribution in [0.3, 0.4) is 0 Å². The smallest absolute Gasteiger partial charge is 0.132 e. The lowest BCUT2D eigenvalue weighted by molar-refractivity contribution is 0.272. The predicted molar refractivity (Wildman–Crippen MR) is 75.2 cm³/mol. The number of aliphatic hydroxyl groups excluding tert-OH is 1. The monoisotopic (exact) mass is 260 g/mol. The molecule has 0 fully saturated rings. The Morgan fingerprint density at radius 2 is 2.05 bits per heavy atom. The Morgan fingerprint density at radius 3 is 2.58 bits per heavy atom. The zero-order valence-electron chi connectivity index (χ0n) is 11.8. The molecule has 1 heterocycles. The fraction of sp³-hybridized carbons (Fsp3) is 0.400. The molecule has 2 N–H and O–H groups in total. The van der Waals surface area contributed by atoms with Gasteiger partial charge in [0.05, 0.1) is 19.0 Å². The fourth-order valence-corrected chi connectivity index (χ4v) is 2.05. The van der Waals surface area contributed by atoms with Crippen LogP contribution in [0, 0.1) is 0 Å². The van der Waals surface area contributed by atoms with Crippen molar-refractivity contribution >= 4 is 0 Å². The highest BCUT2D eigenvalue weighted by Gasteiger charge is 2.19. The molecule has 0 saturated heterocycles. The molecular weight excluding hydrogens is 240 g/mol. The lowest BCUT2D eigenvalue weighted by Gasteiger charge is -2.22. The summed E-state index contributed by atoms with van der Waals surface area (Å²) in [4.78, 5) is 7.20. The minimum atomic E-state index is -0.0811. The van der Waals surface area contributed by atoms with Crippen LogP contribution in [0.2, 0.25) is 0 Å². The van der Waals surface area contributed by atoms with Gasteiger partial charge in [0.25, 0.3) is 0 Å². The summed E-state index contributed by atoms with van der Waals surface area (Å²) < 4.78 is 5.42. The number of aromatic nitrogens is 2. The van der Waals surface area contributed by atoms with Crippen molar-refractivity contribution in [1.29, 1.82) is 0 Å². The van der Waals surface area contributed by atoms with E-state index in [-0.39, 0.29) is 12.0 Å². The van der Waals surface area contributed by atoms with Gasteiger partial charge in [-0.05, 0) is 23.6 Å². The number of H-pyrrole nitrogens is 1. The molecule has 0 atom stereocenters. The van der Waals surface area contributed by atoms with E-state index < -0.39 is 0 Å². The summed E-state index contributed by atoms with van der Waals surface area (Å²) in [5.41, 5.74) is 3.09. The van der Waals surface area contributed by atoms with Gasteiger partial charge in [-0.3, -0.25) is 0 Å². The first-order valence-corrected chi connectivity index (χ1v) is 6.29. The standard InChI is InChI=1S/C15H20N2O2/c1-15(2,3)11-7-10(5-6-13(11)19-4)12-8-16-14(9-18)17-12/h5-8,18H,9H2,1-4H3,(H,16,17). The number of nitrogens with zero attached hydrogens (tertiary/aromatic N) is 1. The Kier molecular flexibility index (Phi) is 3.62. The number of benzene rings is 1. The molecule has 4 heteroatoms. The maximum atomic E-state index is 9.05. The second-order valence-corrected chi connectivity index (χ2v) is 5.57. The first-order chi connectivity index (χ1) is 8.95. The number of ether oxygens (including phenoxy) is 1. The molecule has 2 rings (SSSR count). The average Bonchev–Trinajstić information content (AvgIpc) is 2.85. The van der Waals surface area contributed by atoms with Crippen molar-refractivity contribution in [2.45, 2.75) is 32.8 Å². The van der Waals surface area contributed by atoms with Crippen molar-refractivity contribution < 1.29 is 9.84 Å². The first-order valence-electron chi connectivity index (χ1n) is 6.29. The molecule has 0 spiro atoms. The third kappa shape index (κ3) is 2.79. The Bertz CT molecular complexity index is 568. The van der Waals surface area contributed by atoms with Crippen molar-refractivity contribution in [3.8, 4) is 17.0 Å². The average molecular weight is 260 g/mol. The predicted octanol–water partition coefficient (Wildman–Crippen LogP) is 2.88. The van der Waals surface area contributed by atoms with Crippen LogP contribution in [0.5, 0.6) is 5.75 Å². The van der Waals surface area contributed by atoms with Gasteiger partial charge in [0.1, 0.15) is 18.2 Å². The lowest BCUT2D eigenvalue weighted by Crippen LogP contribution is -2.12. The van der Waals surface area contributed by atoms with E-state index in [4.69, 9.17) is 9.84 Å². The molecule has 0 bridgehead atoms. The third-order valence-electron chi connectivity index (χ3n) is 3.10. The number of hydrogen-bond acceptors (Lipinski definition) is 3. The van der Waals surface area contributed by atoms with Crippen LogP contribution in [0.15, 0.2) is 24.4 Å². The number of methoxy groups -OCH3 is 1. The highest BCUT2D eigenvalue weighted by molar-refractivity contribution is 5.62. The quantitative estimate of drug-likeness (QED) is 0.892. The summed E-state index contributed by atoms with van der Waals surface area (Å²) >= 11 is 0. The highest BCUT2D eigenvalue weighted by Crippen LogP contribution is 2.34. The van der Waals surface area contributed by atoms with E-state index in [1.807, 2.05) is 12.1 Å². The zero-order chi connectivity index (χ0) is 14.0. The van der Waals surface area contributed by atoms with Gasteiger partial charge in [0.2, 0.25) is 0 Å². The van der Waals surface area contributed by atoms with Crippen LogP contribution in [0.4, 0.5) is 0 Å².